The molecule has 1 aromatic carbocycles. The van der Waals surface area contributed by atoms with Crippen LogP contribution in [0.5, 0.6) is 0 Å². The minimum absolute atomic E-state index is 0.0673. The summed E-state index contributed by atoms with van der Waals surface area (Å²) in [6, 6.07) is 6.17. The molecule has 2 aliphatic rings. The van der Waals surface area contributed by atoms with E-state index in [0.717, 1.165) is 24.0 Å². The lowest BCUT2D eigenvalue weighted by atomic mass is 9.77. The fourth-order valence-electron chi connectivity index (χ4n) is 3.70. The average molecular weight is 354 g/mol. The highest BCUT2D eigenvalue weighted by molar-refractivity contribution is 5.91. The Balaban J connectivity index is 1.37. The predicted molar refractivity (Wildman–Crippen MR) is 91.9 cm³/mol. The Morgan fingerprint density at radius 2 is 2.08 bits per heavy atom. The van der Waals surface area contributed by atoms with Gasteiger partial charge in [0.1, 0.15) is 5.82 Å². The zero-order valence-corrected chi connectivity index (χ0v) is 14.2. The molecule has 1 fully saturated rings. The second-order valence-corrected chi connectivity index (χ2v) is 6.71. The van der Waals surface area contributed by atoms with E-state index in [0.29, 0.717) is 19.5 Å². The van der Waals surface area contributed by atoms with E-state index >= 15 is 0 Å². The lowest BCUT2D eigenvalue weighted by Gasteiger charge is -2.30. The highest BCUT2D eigenvalue weighted by atomic mass is 19.1. The molecule has 6 nitrogen and oxygen atoms in total. The highest BCUT2D eigenvalue weighted by Gasteiger charge is 2.35. The van der Waals surface area contributed by atoms with Crippen LogP contribution >= 0.6 is 0 Å². The number of carbonyl (C=O) groups is 2. The van der Waals surface area contributed by atoms with Crippen molar-refractivity contribution in [3.05, 3.63) is 59.4 Å². The largest absolute Gasteiger partial charge is 0.353 e. The third-order valence-electron chi connectivity index (χ3n) is 5.13. The zero-order valence-electron chi connectivity index (χ0n) is 14.2. The molecule has 0 saturated carbocycles. The number of nitrogens with zero attached hydrogens (tertiary/aromatic N) is 3. The molecular formula is C19H19FN4O2. The highest BCUT2D eigenvalue weighted by Crippen LogP contribution is 2.35. The van der Waals surface area contributed by atoms with Gasteiger partial charge in [-0.05, 0) is 48.6 Å². The van der Waals surface area contributed by atoms with Crippen molar-refractivity contribution in [2.24, 2.45) is 0 Å². The van der Waals surface area contributed by atoms with Crippen molar-refractivity contribution in [1.82, 2.24) is 20.2 Å². The maximum absolute atomic E-state index is 13.4. The number of benzene rings is 1. The van der Waals surface area contributed by atoms with Crippen LogP contribution < -0.4 is 5.32 Å². The van der Waals surface area contributed by atoms with Gasteiger partial charge in [-0.1, -0.05) is 6.07 Å². The van der Waals surface area contributed by atoms with Gasteiger partial charge in [0.25, 0.3) is 5.91 Å². The monoisotopic (exact) mass is 354 g/mol. The van der Waals surface area contributed by atoms with Crippen molar-refractivity contribution in [1.29, 1.82) is 0 Å². The van der Waals surface area contributed by atoms with E-state index in [1.54, 1.807) is 29.4 Å². The summed E-state index contributed by atoms with van der Waals surface area (Å²) < 4.78 is 13.4. The zero-order chi connectivity index (χ0) is 18.1. The maximum atomic E-state index is 13.4. The van der Waals surface area contributed by atoms with Crippen LogP contribution in [0.3, 0.4) is 0 Å². The first-order valence-corrected chi connectivity index (χ1v) is 8.77. The summed E-state index contributed by atoms with van der Waals surface area (Å²) in [4.78, 5) is 34.7. The Hall–Kier alpha value is -2.83. The normalized spacial score (nSPS) is 21.0. The van der Waals surface area contributed by atoms with Crippen LogP contribution in [0.15, 0.2) is 36.7 Å². The van der Waals surface area contributed by atoms with Crippen LogP contribution in [0, 0.1) is 5.82 Å². The van der Waals surface area contributed by atoms with E-state index in [1.807, 2.05) is 0 Å². The number of hydrogen-bond acceptors (Lipinski definition) is 4. The number of likely N-dealkylation sites (tertiary alicyclic amines) is 1. The number of carbonyl (C=O) groups excluding carboxylic acids is 2. The molecule has 26 heavy (non-hydrogen) atoms. The fraction of sp³-hybridized carbons (Fsp3) is 0.368. The molecule has 1 aliphatic carbocycles. The standard InChI is InChI=1S/C19H19FN4O2/c20-13-5-4-12-9-16(15(12)10-13)18(25)23-11-14-3-1-8-24(14)19(26)17-21-6-2-7-22-17/h2,4-7,10,14,16H,1,3,8-9,11H2,(H,23,25). The van der Waals surface area contributed by atoms with Crippen molar-refractivity contribution in [3.63, 3.8) is 0 Å². The van der Waals surface area contributed by atoms with Crippen molar-refractivity contribution < 1.29 is 14.0 Å². The SMILES string of the molecule is O=C(NCC1CCCN1C(=O)c1ncccn1)C1Cc2ccc(F)cc21. The first-order valence-electron chi connectivity index (χ1n) is 8.77. The number of rotatable bonds is 4. The lowest BCUT2D eigenvalue weighted by Crippen LogP contribution is -2.45. The number of amides is 2. The van der Waals surface area contributed by atoms with E-state index in [4.69, 9.17) is 0 Å². The van der Waals surface area contributed by atoms with E-state index in [2.05, 4.69) is 15.3 Å². The smallest absolute Gasteiger partial charge is 0.291 e. The van der Waals surface area contributed by atoms with Crippen LogP contribution in [0.1, 0.15) is 40.5 Å². The maximum Gasteiger partial charge on any atom is 0.291 e. The predicted octanol–water partition coefficient (Wildman–Crippen LogP) is 1.68. The number of fused-ring (bicyclic) bond motifs is 1. The van der Waals surface area contributed by atoms with Gasteiger partial charge in [0.15, 0.2) is 0 Å². The molecule has 0 radical (unpaired) electrons. The van der Waals surface area contributed by atoms with Crippen LogP contribution in [0.2, 0.25) is 0 Å². The number of hydrogen-bond donors (Lipinski definition) is 1. The fourth-order valence-corrected chi connectivity index (χ4v) is 3.70. The third kappa shape index (κ3) is 3.05. The summed E-state index contributed by atoms with van der Waals surface area (Å²) in [5.41, 5.74) is 1.78. The molecule has 4 rings (SSSR count). The summed E-state index contributed by atoms with van der Waals surface area (Å²) in [6.45, 7) is 1.02. The van der Waals surface area contributed by atoms with Crippen LogP contribution in [-0.4, -0.2) is 45.8 Å². The molecule has 2 atom stereocenters. The Morgan fingerprint density at radius 3 is 2.88 bits per heavy atom. The minimum atomic E-state index is -0.323. The quantitative estimate of drug-likeness (QED) is 0.906. The van der Waals surface area contributed by atoms with Crippen LogP contribution in [0.4, 0.5) is 4.39 Å². The number of aromatic nitrogens is 2. The summed E-state index contributed by atoms with van der Waals surface area (Å²) in [7, 11) is 0. The molecule has 2 amide bonds. The summed E-state index contributed by atoms with van der Waals surface area (Å²) in [6.07, 6.45) is 5.43. The molecule has 7 heteroatoms. The van der Waals surface area contributed by atoms with Crippen molar-refractivity contribution in [2.45, 2.75) is 31.2 Å². The Bertz CT molecular complexity index is 843. The number of nitrogens with one attached hydrogen (secondary N) is 1. The first-order chi connectivity index (χ1) is 12.6. The van der Waals surface area contributed by atoms with Gasteiger partial charge in [0, 0.05) is 31.5 Å². The van der Waals surface area contributed by atoms with Crippen molar-refractivity contribution in [3.8, 4) is 0 Å². The van der Waals surface area contributed by atoms with Crippen molar-refractivity contribution in [2.75, 3.05) is 13.1 Å². The van der Waals surface area contributed by atoms with Gasteiger partial charge >= 0.3 is 0 Å². The Labute approximate surface area is 150 Å². The number of halogens is 1. The van der Waals surface area contributed by atoms with Gasteiger partial charge in [-0.2, -0.15) is 0 Å². The van der Waals surface area contributed by atoms with E-state index in [1.165, 1.54) is 12.1 Å². The van der Waals surface area contributed by atoms with Gasteiger partial charge in [0.2, 0.25) is 11.7 Å². The van der Waals surface area contributed by atoms with E-state index < -0.39 is 0 Å². The summed E-state index contributed by atoms with van der Waals surface area (Å²) in [5.74, 6) is -0.772. The van der Waals surface area contributed by atoms with Gasteiger partial charge in [-0.15, -0.1) is 0 Å². The molecule has 2 heterocycles. The van der Waals surface area contributed by atoms with Gasteiger partial charge in [0.05, 0.1) is 5.92 Å². The van der Waals surface area contributed by atoms with Crippen molar-refractivity contribution >= 4 is 11.8 Å². The summed E-state index contributed by atoms with van der Waals surface area (Å²) in [5, 5.41) is 2.93. The molecular weight excluding hydrogens is 335 g/mol. The minimum Gasteiger partial charge on any atom is -0.353 e. The average Bonchev–Trinajstić information content (AvgIpc) is 3.11. The molecule has 1 aliphatic heterocycles. The third-order valence-corrected chi connectivity index (χ3v) is 5.13. The second-order valence-electron chi connectivity index (χ2n) is 6.71. The summed E-state index contributed by atoms with van der Waals surface area (Å²) >= 11 is 0. The van der Waals surface area contributed by atoms with Crippen LogP contribution in [0.25, 0.3) is 0 Å². The molecule has 1 saturated heterocycles. The molecule has 0 spiro atoms. The van der Waals surface area contributed by atoms with E-state index in [9.17, 15) is 14.0 Å². The first kappa shape index (κ1) is 16.6. The Kier molecular flexibility index (Phi) is 4.36. The van der Waals surface area contributed by atoms with Gasteiger partial charge in [-0.3, -0.25) is 9.59 Å². The molecule has 134 valence electrons. The molecule has 1 aromatic heterocycles. The Morgan fingerprint density at radius 1 is 1.27 bits per heavy atom. The van der Waals surface area contributed by atoms with Crippen LogP contribution in [-0.2, 0) is 11.2 Å². The molecule has 2 unspecified atom stereocenters. The van der Waals surface area contributed by atoms with E-state index in [-0.39, 0.29) is 35.4 Å². The molecule has 2 aromatic rings. The second kappa shape index (κ2) is 6.82. The molecule has 0 bridgehead atoms. The van der Waals surface area contributed by atoms with Gasteiger partial charge < -0.3 is 10.2 Å². The lowest BCUT2D eigenvalue weighted by molar-refractivity contribution is -0.123. The topological polar surface area (TPSA) is 75.2 Å². The van der Waals surface area contributed by atoms with Gasteiger partial charge in [-0.25, -0.2) is 14.4 Å². The molecule has 1 N–H and O–H groups in total.